The zero-order valence-electron chi connectivity index (χ0n) is 13.0. The normalized spacial score (nSPS) is 18.2. The van der Waals surface area contributed by atoms with Crippen LogP contribution in [0.2, 0.25) is 0 Å². The van der Waals surface area contributed by atoms with Crippen molar-refractivity contribution in [3.05, 3.63) is 11.3 Å². The molecule has 1 saturated carbocycles. The molecule has 2 N–H and O–H groups in total. The zero-order valence-corrected chi connectivity index (χ0v) is 13.9. The molecule has 8 heteroatoms. The van der Waals surface area contributed by atoms with Crippen LogP contribution in [0, 0.1) is 6.92 Å². The van der Waals surface area contributed by atoms with E-state index >= 15 is 0 Å². The van der Waals surface area contributed by atoms with Gasteiger partial charge in [-0.15, -0.1) is 0 Å². The summed E-state index contributed by atoms with van der Waals surface area (Å²) in [6, 6.07) is 0. The van der Waals surface area contributed by atoms with Crippen molar-refractivity contribution in [2.75, 3.05) is 27.7 Å². The van der Waals surface area contributed by atoms with Gasteiger partial charge in [0.25, 0.3) is 10.0 Å². The number of aliphatic hydroxyl groups excluding tert-OH is 1. The van der Waals surface area contributed by atoms with E-state index in [-0.39, 0.29) is 17.2 Å². The molecule has 1 aromatic heterocycles. The van der Waals surface area contributed by atoms with E-state index in [4.69, 9.17) is 0 Å². The van der Waals surface area contributed by atoms with E-state index in [1.165, 1.54) is 4.31 Å². The Kier molecular flexibility index (Phi) is 4.44. The molecule has 0 saturated heterocycles. The number of hydrogen-bond acceptors (Lipinski definition) is 5. The highest BCUT2D eigenvalue weighted by Crippen LogP contribution is 2.37. The lowest BCUT2D eigenvalue weighted by Crippen LogP contribution is -2.57. The van der Waals surface area contributed by atoms with Crippen molar-refractivity contribution in [1.82, 2.24) is 19.4 Å². The number of likely N-dealkylation sites (N-methyl/N-ethyl adjacent to an activating group) is 2. The Morgan fingerprint density at radius 1 is 1.33 bits per heavy atom. The fourth-order valence-electron chi connectivity index (χ4n) is 2.81. The highest BCUT2D eigenvalue weighted by atomic mass is 32.2. The van der Waals surface area contributed by atoms with E-state index in [9.17, 15) is 13.5 Å². The van der Waals surface area contributed by atoms with Crippen molar-refractivity contribution in [2.24, 2.45) is 0 Å². The molecule has 0 aromatic carbocycles. The minimum atomic E-state index is -3.70. The van der Waals surface area contributed by atoms with Gasteiger partial charge in [0.1, 0.15) is 0 Å². The van der Waals surface area contributed by atoms with Crippen LogP contribution in [-0.4, -0.2) is 66.2 Å². The number of aromatic amines is 1. The minimum absolute atomic E-state index is 0.0711. The maximum absolute atomic E-state index is 12.7. The van der Waals surface area contributed by atoms with Gasteiger partial charge >= 0.3 is 0 Å². The highest BCUT2D eigenvalue weighted by molar-refractivity contribution is 7.89. The van der Waals surface area contributed by atoms with Gasteiger partial charge in [0.2, 0.25) is 0 Å². The first-order valence-corrected chi connectivity index (χ1v) is 8.47. The number of aryl methyl sites for hydroxylation is 1. The molecular weight excluding hydrogens is 292 g/mol. The van der Waals surface area contributed by atoms with Gasteiger partial charge in [-0.25, -0.2) is 8.42 Å². The van der Waals surface area contributed by atoms with E-state index in [2.05, 4.69) is 15.1 Å². The van der Waals surface area contributed by atoms with Crippen molar-refractivity contribution in [1.29, 1.82) is 0 Å². The number of aromatic nitrogens is 2. The van der Waals surface area contributed by atoms with Crippen LogP contribution in [-0.2, 0) is 16.6 Å². The van der Waals surface area contributed by atoms with Crippen LogP contribution in [0.1, 0.15) is 30.5 Å². The predicted molar refractivity (Wildman–Crippen MR) is 79.3 cm³/mol. The molecule has 7 nitrogen and oxygen atoms in total. The molecule has 0 spiro atoms. The highest BCUT2D eigenvalue weighted by Gasteiger charge is 2.42. The first kappa shape index (κ1) is 16.4. The van der Waals surface area contributed by atoms with E-state index in [1.54, 1.807) is 14.0 Å². The fourth-order valence-corrected chi connectivity index (χ4v) is 4.20. The molecule has 1 aliphatic rings. The number of nitrogens with zero attached hydrogens (tertiary/aromatic N) is 3. The number of rotatable bonds is 6. The average Bonchev–Trinajstić information content (AvgIpc) is 2.74. The maximum atomic E-state index is 12.7. The lowest BCUT2D eigenvalue weighted by molar-refractivity contribution is 0.0454. The number of aliphatic hydroxyl groups is 1. The molecular formula is C13H24N4O3S. The monoisotopic (exact) mass is 316 g/mol. The van der Waals surface area contributed by atoms with Gasteiger partial charge in [0.15, 0.2) is 5.03 Å². The summed E-state index contributed by atoms with van der Waals surface area (Å²) in [4.78, 5) is 2.10. The smallest absolute Gasteiger partial charge is 0.262 e. The average molecular weight is 316 g/mol. The lowest BCUT2D eigenvalue weighted by atomic mass is 9.75. The van der Waals surface area contributed by atoms with Crippen LogP contribution in [0.4, 0.5) is 0 Å². The Morgan fingerprint density at radius 2 is 1.95 bits per heavy atom. The molecule has 0 atom stereocenters. The van der Waals surface area contributed by atoms with Crippen LogP contribution < -0.4 is 0 Å². The lowest BCUT2D eigenvalue weighted by Gasteiger charge is -2.48. The van der Waals surface area contributed by atoms with E-state index in [0.717, 1.165) is 19.3 Å². The van der Waals surface area contributed by atoms with Crippen LogP contribution in [0.25, 0.3) is 0 Å². The summed E-state index contributed by atoms with van der Waals surface area (Å²) in [7, 11) is 1.84. The molecule has 0 unspecified atom stereocenters. The topological polar surface area (TPSA) is 89.5 Å². The Morgan fingerprint density at radius 3 is 2.38 bits per heavy atom. The molecule has 1 fully saturated rings. The summed E-state index contributed by atoms with van der Waals surface area (Å²) in [5, 5.41) is 15.8. The molecule has 0 bridgehead atoms. The predicted octanol–water partition coefficient (Wildman–Crippen LogP) is 0.315. The van der Waals surface area contributed by atoms with Crippen molar-refractivity contribution < 1.29 is 13.5 Å². The molecule has 1 heterocycles. The van der Waals surface area contributed by atoms with Crippen LogP contribution in [0.3, 0.4) is 0 Å². The zero-order chi connectivity index (χ0) is 15.8. The summed E-state index contributed by atoms with van der Waals surface area (Å²) in [6.45, 7) is 1.79. The molecule has 0 radical (unpaired) electrons. The van der Waals surface area contributed by atoms with E-state index in [0.29, 0.717) is 17.8 Å². The molecule has 2 rings (SSSR count). The van der Waals surface area contributed by atoms with E-state index in [1.807, 2.05) is 14.1 Å². The summed E-state index contributed by atoms with van der Waals surface area (Å²) in [6.07, 6.45) is 3.11. The Balaban J connectivity index is 2.27. The minimum Gasteiger partial charge on any atom is -0.392 e. The third-order valence-corrected chi connectivity index (χ3v) is 6.37. The Bertz CT molecular complexity index is 605. The number of H-pyrrole nitrogens is 1. The number of hydrogen-bond donors (Lipinski definition) is 2. The van der Waals surface area contributed by atoms with Crippen molar-refractivity contribution in [3.63, 3.8) is 0 Å². The SMILES string of the molecule is Cc1[nH]nc(S(=O)(=O)N(C)CC2(N(C)C)CCC2)c1CO. The largest absolute Gasteiger partial charge is 0.392 e. The third kappa shape index (κ3) is 2.73. The first-order valence-electron chi connectivity index (χ1n) is 7.03. The molecule has 120 valence electrons. The Labute approximate surface area is 126 Å². The summed E-state index contributed by atoms with van der Waals surface area (Å²) >= 11 is 0. The number of sulfonamides is 1. The Hall–Kier alpha value is -0.960. The van der Waals surface area contributed by atoms with Crippen LogP contribution in [0.15, 0.2) is 5.03 Å². The van der Waals surface area contributed by atoms with Gasteiger partial charge in [-0.05, 0) is 40.3 Å². The fraction of sp³-hybridized carbons (Fsp3) is 0.769. The quantitative estimate of drug-likeness (QED) is 0.789. The van der Waals surface area contributed by atoms with Crippen molar-refractivity contribution in [2.45, 2.75) is 43.4 Å². The second kappa shape index (κ2) is 5.68. The summed E-state index contributed by atoms with van der Waals surface area (Å²) < 4.78 is 26.7. The van der Waals surface area contributed by atoms with Gasteiger partial charge in [0.05, 0.1) is 6.61 Å². The summed E-state index contributed by atoms with van der Waals surface area (Å²) in [5.41, 5.74) is 0.830. The molecule has 1 aliphatic carbocycles. The van der Waals surface area contributed by atoms with Gasteiger partial charge in [0, 0.05) is 30.4 Å². The standard InChI is InChI=1S/C13H24N4O3S/c1-10-11(8-18)12(15-14-10)21(19,20)17(4)9-13(16(2)3)6-5-7-13/h18H,5-9H2,1-4H3,(H,14,15). The second-order valence-electron chi connectivity index (χ2n) is 6.02. The van der Waals surface area contributed by atoms with Gasteiger partial charge in [-0.1, -0.05) is 0 Å². The van der Waals surface area contributed by atoms with E-state index < -0.39 is 10.0 Å². The third-order valence-electron chi connectivity index (χ3n) is 4.60. The molecule has 0 amide bonds. The second-order valence-corrected chi connectivity index (χ2v) is 7.98. The van der Waals surface area contributed by atoms with Crippen molar-refractivity contribution in [3.8, 4) is 0 Å². The maximum Gasteiger partial charge on any atom is 0.262 e. The van der Waals surface area contributed by atoms with Crippen molar-refractivity contribution >= 4 is 10.0 Å². The molecule has 0 aliphatic heterocycles. The van der Waals surface area contributed by atoms with Gasteiger partial charge < -0.3 is 10.0 Å². The summed E-state index contributed by atoms with van der Waals surface area (Å²) in [5.74, 6) is 0. The molecule has 21 heavy (non-hydrogen) atoms. The van der Waals surface area contributed by atoms with Gasteiger partial charge in [-0.3, -0.25) is 5.10 Å². The number of nitrogens with one attached hydrogen (secondary N) is 1. The van der Waals surface area contributed by atoms with Gasteiger partial charge in [-0.2, -0.15) is 9.40 Å². The molecule has 1 aromatic rings. The van der Waals surface area contributed by atoms with Crippen LogP contribution >= 0.6 is 0 Å². The first-order chi connectivity index (χ1) is 9.74. The van der Waals surface area contributed by atoms with Crippen LogP contribution in [0.5, 0.6) is 0 Å².